The van der Waals surface area contributed by atoms with Gasteiger partial charge in [0.05, 0.1) is 24.6 Å². The molecule has 1 fully saturated rings. The normalized spacial score (nSPS) is 18.4. The Hall–Kier alpha value is -3.01. The number of benzene rings is 3. The quantitative estimate of drug-likeness (QED) is 0.335. The number of alkyl halides is 3. The number of nitrogens with zero attached hydrogens (tertiary/aromatic N) is 1. The minimum Gasteiger partial charge on any atom is -0.611 e. The maximum atomic E-state index is 13.0. The lowest BCUT2D eigenvalue weighted by Crippen LogP contribution is -2.32. The topological polar surface area (TPSA) is 64.6 Å². The molecule has 202 valence electrons. The molecule has 0 bridgehead atoms. The molecule has 38 heavy (non-hydrogen) atoms. The highest BCUT2D eigenvalue weighted by molar-refractivity contribution is 7.91. The van der Waals surface area contributed by atoms with Gasteiger partial charge >= 0.3 is 6.18 Å². The van der Waals surface area contributed by atoms with Crippen molar-refractivity contribution >= 4 is 28.5 Å². The SMILES string of the molecule is CC[S+]([O-])c1ccc(CC(=O)Nc2ccc(N3CC(c4ccc(C(F)(F)F)cc4)CC3COC)cc2)cc1. The van der Waals surface area contributed by atoms with Gasteiger partial charge in [-0.05, 0) is 84.2 Å². The first-order chi connectivity index (χ1) is 18.2. The molecule has 0 aliphatic carbocycles. The number of hydrogen-bond donors (Lipinski definition) is 1. The van der Waals surface area contributed by atoms with Gasteiger partial charge in [-0.15, -0.1) is 0 Å². The molecule has 1 aliphatic rings. The van der Waals surface area contributed by atoms with Crippen LogP contribution in [-0.4, -0.2) is 42.5 Å². The molecule has 5 nitrogen and oxygen atoms in total. The highest BCUT2D eigenvalue weighted by Gasteiger charge is 2.34. The summed E-state index contributed by atoms with van der Waals surface area (Å²) in [4.78, 5) is 15.5. The zero-order valence-corrected chi connectivity index (χ0v) is 22.1. The van der Waals surface area contributed by atoms with E-state index in [0.29, 0.717) is 24.6 Å². The molecule has 1 N–H and O–H groups in total. The monoisotopic (exact) mass is 544 g/mol. The first kappa shape index (κ1) is 28.0. The third-order valence-electron chi connectivity index (χ3n) is 6.78. The first-order valence-corrected chi connectivity index (χ1v) is 13.8. The van der Waals surface area contributed by atoms with Crippen LogP contribution in [0.25, 0.3) is 0 Å². The van der Waals surface area contributed by atoms with Crippen LogP contribution in [0.2, 0.25) is 0 Å². The van der Waals surface area contributed by atoms with Crippen LogP contribution in [0, 0.1) is 0 Å². The van der Waals surface area contributed by atoms with E-state index >= 15 is 0 Å². The zero-order valence-electron chi connectivity index (χ0n) is 21.3. The number of amides is 1. The Morgan fingerprint density at radius 1 is 1.05 bits per heavy atom. The maximum absolute atomic E-state index is 13.0. The van der Waals surface area contributed by atoms with E-state index in [1.54, 1.807) is 31.4 Å². The van der Waals surface area contributed by atoms with Crippen molar-refractivity contribution < 1.29 is 27.3 Å². The number of methoxy groups -OCH3 is 1. The van der Waals surface area contributed by atoms with Crippen LogP contribution >= 0.6 is 0 Å². The largest absolute Gasteiger partial charge is 0.611 e. The number of halogens is 3. The lowest BCUT2D eigenvalue weighted by atomic mass is 9.95. The summed E-state index contributed by atoms with van der Waals surface area (Å²) in [5.41, 5.74) is 2.69. The standard InChI is InChI=1S/C29H31F3N2O3S/c1-3-38(36)27-14-4-20(5-15-27)16-28(35)33-24-10-12-25(13-11-24)34-18-22(17-26(34)19-37-2)21-6-8-23(9-7-21)29(30,31)32/h4-15,22,26H,3,16-19H2,1-2H3,(H,33,35). The van der Waals surface area contributed by atoms with Crippen molar-refractivity contribution in [3.63, 3.8) is 0 Å². The Labute approximate surface area is 224 Å². The summed E-state index contributed by atoms with van der Waals surface area (Å²) in [5.74, 6) is 0.482. The highest BCUT2D eigenvalue weighted by Crippen LogP contribution is 2.37. The molecule has 0 saturated carbocycles. The van der Waals surface area contributed by atoms with Gasteiger partial charge in [0.2, 0.25) is 5.91 Å². The van der Waals surface area contributed by atoms with Crippen LogP contribution in [0.3, 0.4) is 0 Å². The van der Waals surface area contributed by atoms with Gasteiger partial charge in [-0.1, -0.05) is 24.3 Å². The molecular weight excluding hydrogens is 513 g/mol. The van der Waals surface area contributed by atoms with E-state index in [0.717, 1.165) is 40.3 Å². The number of ether oxygens (including phenoxy) is 1. The average Bonchev–Trinajstić information content (AvgIpc) is 3.33. The molecule has 3 aromatic rings. The van der Waals surface area contributed by atoms with Crippen LogP contribution in [0.5, 0.6) is 0 Å². The third-order valence-corrected chi connectivity index (χ3v) is 8.10. The molecule has 0 aromatic heterocycles. The van der Waals surface area contributed by atoms with Crippen LogP contribution < -0.4 is 10.2 Å². The predicted molar refractivity (Wildman–Crippen MR) is 144 cm³/mol. The Bertz CT molecular complexity index is 1200. The molecule has 1 heterocycles. The van der Waals surface area contributed by atoms with Crippen molar-refractivity contribution in [2.45, 2.75) is 42.8 Å². The van der Waals surface area contributed by atoms with E-state index in [1.807, 2.05) is 43.3 Å². The molecule has 3 aromatic carbocycles. The van der Waals surface area contributed by atoms with Crippen molar-refractivity contribution in [3.8, 4) is 0 Å². The van der Waals surface area contributed by atoms with Crippen LogP contribution in [-0.2, 0) is 33.3 Å². The fourth-order valence-corrected chi connectivity index (χ4v) is 5.59. The van der Waals surface area contributed by atoms with Crippen molar-refractivity contribution in [2.75, 3.05) is 36.2 Å². The summed E-state index contributed by atoms with van der Waals surface area (Å²) in [5, 5.41) is 2.91. The fraction of sp³-hybridized carbons (Fsp3) is 0.345. The first-order valence-electron chi connectivity index (χ1n) is 12.5. The Kier molecular flexibility index (Phi) is 9.02. The zero-order chi connectivity index (χ0) is 27.3. The van der Waals surface area contributed by atoms with Gasteiger partial charge < -0.3 is 19.5 Å². The summed E-state index contributed by atoms with van der Waals surface area (Å²) in [6.07, 6.45) is -3.38. The van der Waals surface area contributed by atoms with Crippen LogP contribution in [0.15, 0.2) is 77.7 Å². The van der Waals surface area contributed by atoms with Crippen molar-refractivity contribution in [1.82, 2.24) is 0 Å². The summed E-state index contributed by atoms with van der Waals surface area (Å²) >= 11 is -1.02. The molecule has 4 rings (SSSR count). The minimum absolute atomic E-state index is 0.0812. The highest BCUT2D eigenvalue weighted by atomic mass is 32.2. The number of nitrogens with one attached hydrogen (secondary N) is 1. The average molecular weight is 545 g/mol. The second-order valence-corrected chi connectivity index (χ2v) is 11.1. The summed E-state index contributed by atoms with van der Waals surface area (Å²) < 4.78 is 56.2. The number of hydrogen-bond acceptors (Lipinski definition) is 4. The molecule has 1 aliphatic heterocycles. The third kappa shape index (κ3) is 6.89. The summed E-state index contributed by atoms with van der Waals surface area (Å²) in [7, 11) is 1.64. The Morgan fingerprint density at radius 2 is 1.71 bits per heavy atom. The summed E-state index contributed by atoms with van der Waals surface area (Å²) in [6.45, 7) is 3.02. The lowest BCUT2D eigenvalue weighted by Gasteiger charge is -2.26. The minimum atomic E-state index is -4.35. The van der Waals surface area contributed by atoms with Gasteiger partial charge in [-0.3, -0.25) is 4.79 Å². The van der Waals surface area contributed by atoms with Gasteiger partial charge in [0, 0.05) is 30.9 Å². The van der Waals surface area contributed by atoms with Gasteiger partial charge in [-0.2, -0.15) is 13.2 Å². The van der Waals surface area contributed by atoms with E-state index in [4.69, 9.17) is 4.74 Å². The number of rotatable bonds is 9. The number of carbonyl (C=O) groups excluding carboxylic acids is 1. The fourth-order valence-electron chi connectivity index (χ4n) is 4.82. The molecule has 3 atom stereocenters. The van der Waals surface area contributed by atoms with E-state index in [1.165, 1.54) is 0 Å². The molecule has 0 radical (unpaired) electrons. The predicted octanol–water partition coefficient (Wildman–Crippen LogP) is 6.02. The van der Waals surface area contributed by atoms with E-state index in [2.05, 4.69) is 10.2 Å². The Morgan fingerprint density at radius 3 is 2.29 bits per heavy atom. The molecule has 3 unspecified atom stereocenters. The van der Waals surface area contributed by atoms with Gasteiger partial charge in [0.1, 0.15) is 5.75 Å². The van der Waals surface area contributed by atoms with Crippen LogP contribution in [0.1, 0.15) is 36.0 Å². The summed E-state index contributed by atoms with van der Waals surface area (Å²) in [6, 6.07) is 20.3. The second kappa shape index (κ2) is 12.2. The van der Waals surface area contributed by atoms with Gasteiger partial charge in [0.25, 0.3) is 0 Å². The van der Waals surface area contributed by atoms with Gasteiger partial charge in [0.15, 0.2) is 4.90 Å². The van der Waals surface area contributed by atoms with E-state index in [9.17, 15) is 22.5 Å². The second-order valence-electron chi connectivity index (χ2n) is 9.36. The number of anilines is 2. The smallest absolute Gasteiger partial charge is 0.416 e. The lowest BCUT2D eigenvalue weighted by molar-refractivity contribution is -0.137. The van der Waals surface area contributed by atoms with Crippen LogP contribution in [0.4, 0.5) is 24.5 Å². The number of carbonyl (C=O) groups is 1. The Balaban J connectivity index is 1.39. The van der Waals surface area contributed by atoms with E-state index < -0.39 is 22.9 Å². The molecular formula is C29H31F3N2O3S. The van der Waals surface area contributed by atoms with E-state index in [-0.39, 0.29) is 24.3 Å². The molecule has 9 heteroatoms. The van der Waals surface area contributed by atoms with Crippen molar-refractivity contribution in [1.29, 1.82) is 0 Å². The maximum Gasteiger partial charge on any atom is 0.416 e. The van der Waals surface area contributed by atoms with Gasteiger partial charge in [-0.25, -0.2) is 0 Å². The van der Waals surface area contributed by atoms with Crippen molar-refractivity contribution in [3.05, 3.63) is 89.5 Å². The van der Waals surface area contributed by atoms with Crippen molar-refractivity contribution in [2.24, 2.45) is 0 Å². The molecule has 1 saturated heterocycles. The molecule has 0 spiro atoms. The molecule has 1 amide bonds.